The number of aromatic nitrogens is 3. The van der Waals surface area contributed by atoms with Crippen molar-refractivity contribution in [3.63, 3.8) is 0 Å². The van der Waals surface area contributed by atoms with E-state index in [1.54, 1.807) is 24.1 Å². The van der Waals surface area contributed by atoms with E-state index in [2.05, 4.69) is 15.6 Å². The molecule has 1 amide bonds. The molecule has 26 heavy (non-hydrogen) atoms. The van der Waals surface area contributed by atoms with Crippen LogP contribution in [-0.4, -0.2) is 41.2 Å². The van der Waals surface area contributed by atoms with Crippen LogP contribution in [-0.2, 0) is 6.54 Å². The first kappa shape index (κ1) is 17.5. The van der Waals surface area contributed by atoms with Crippen LogP contribution in [0.2, 0.25) is 0 Å². The first-order valence-electron chi connectivity index (χ1n) is 8.24. The van der Waals surface area contributed by atoms with Gasteiger partial charge in [0, 0.05) is 6.07 Å². The predicted octanol–water partition coefficient (Wildman–Crippen LogP) is 2.14. The summed E-state index contributed by atoms with van der Waals surface area (Å²) < 4.78 is 12.4. The Labute approximate surface area is 151 Å². The van der Waals surface area contributed by atoms with Crippen molar-refractivity contribution >= 4 is 5.91 Å². The minimum absolute atomic E-state index is 0.279. The highest BCUT2D eigenvalue weighted by Gasteiger charge is 2.10. The molecule has 3 rings (SSSR count). The first-order chi connectivity index (χ1) is 12.7. The summed E-state index contributed by atoms with van der Waals surface area (Å²) in [4.78, 5) is 12.1. The molecule has 0 aliphatic carbocycles. The lowest BCUT2D eigenvalue weighted by atomic mass is 10.2. The van der Waals surface area contributed by atoms with Crippen molar-refractivity contribution in [3.05, 3.63) is 72.1 Å². The Morgan fingerprint density at radius 1 is 1.12 bits per heavy atom. The lowest BCUT2D eigenvalue weighted by Gasteiger charge is -2.08. The number of rotatable bonds is 8. The second-order valence-electron chi connectivity index (χ2n) is 5.57. The fourth-order valence-corrected chi connectivity index (χ4v) is 2.37. The van der Waals surface area contributed by atoms with E-state index in [-0.39, 0.29) is 11.6 Å². The molecule has 2 aromatic carbocycles. The highest BCUT2D eigenvalue weighted by molar-refractivity contribution is 5.91. The molecule has 0 aliphatic rings. The first-order valence-corrected chi connectivity index (χ1v) is 8.24. The minimum atomic E-state index is -0.279. The van der Waals surface area contributed by atoms with E-state index in [1.165, 1.54) is 0 Å². The van der Waals surface area contributed by atoms with Gasteiger partial charge in [0.1, 0.15) is 18.1 Å². The maximum absolute atomic E-state index is 12.1. The lowest BCUT2D eigenvalue weighted by Crippen LogP contribution is -2.28. The number of hydrogen-bond acceptors (Lipinski definition) is 5. The SMILES string of the molecule is COc1cccc(OCCNC(=O)c2cn(Cc3ccccc3)nn2)c1. The third kappa shape index (κ3) is 4.83. The molecule has 0 unspecified atom stereocenters. The number of nitrogens with zero attached hydrogens (tertiary/aromatic N) is 3. The van der Waals surface area contributed by atoms with Crippen molar-refractivity contribution in [2.24, 2.45) is 0 Å². The van der Waals surface area contributed by atoms with Crippen LogP contribution in [0.25, 0.3) is 0 Å². The molecule has 0 atom stereocenters. The highest BCUT2D eigenvalue weighted by atomic mass is 16.5. The van der Waals surface area contributed by atoms with Crippen molar-refractivity contribution < 1.29 is 14.3 Å². The molecule has 0 saturated carbocycles. The van der Waals surface area contributed by atoms with Crippen LogP contribution in [0, 0.1) is 0 Å². The number of nitrogens with one attached hydrogen (secondary N) is 1. The molecule has 7 nitrogen and oxygen atoms in total. The molecular formula is C19H20N4O3. The third-order valence-electron chi connectivity index (χ3n) is 3.66. The lowest BCUT2D eigenvalue weighted by molar-refractivity contribution is 0.0942. The van der Waals surface area contributed by atoms with E-state index in [4.69, 9.17) is 9.47 Å². The van der Waals surface area contributed by atoms with Gasteiger partial charge in [0.25, 0.3) is 5.91 Å². The van der Waals surface area contributed by atoms with Crippen LogP contribution in [0.5, 0.6) is 11.5 Å². The van der Waals surface area contributed by atoms with E-state index < -0.39 is 0 Å². The maximum atomic E-state index is 12.1. The van der Waals surface area contributed by atoms with E-state index >= 15 is 0 Å². The van der Waals surface area contributed by atoms with Crippen molar-refractivity contribution in [2.45, 2.75) is 6.54 Å². The van der Waals surface area contributed by atoms with E-state index in [1.807, 2.05) is 48.5 Å². The number of carbonyl (C=O) groups excluding carboxylic acids is 1. The minimum Gasteiger partial charge on any atom is -0.497 e. The predicted molar refractivity (Wildman–Crippen MR) is 96.4 cm³/mol. The number of carbonyl (C=O) groups is 1. The van der Waals surface area contributed by atoms with E-state index in [0.717, 1.165) is 11.3 Å². The third-order valence-corrected chi connectivity index (χ3v) is 3.66. The fraction of sp³-hybridized carbons (Fsp3) is 0.211. The molecule has 0 bridgehead atoms. The molecule has 0 saturated heterocycles. The van der Waals surface area contributed by atoms with Crippen LogP contribution in [0.3, 0.4) is 0 Å². The zero-order valence-corrected chi connectivity index (χ0v) is 14.5. The van der Waals surface area contributed by atoms with Crippen molar-refractivity contribution in [3.8, 4) is 11.5 Å². The van der Waals surface area contributed by atoms with Crippen molar-refractivity contribution in [2.75, 3.05) is 20.3 Å². The zero-order valence-electron chi connectivity index (χ0n) is 14.5. The molecule has 0 fully saturated rings. The molecule has 1 heterocycles. The number of hydrogen-bond donors (Lipinski definition) is 1. The number of amides is 1. The highest BCUT2D eigenvalue weighted by Crippen LogP contribution is 2.18. The Morgan fingerprint density at radius 3 is 2.73 bits per heavy atom. The molecule has 1 N–H and O–H groups in total. The maximum Gasteiger partial charge on any atom is 0.273 e. The zero-order chi connectivity index (χ0) is 18.2. The van der Waals surface area contributed by atoms with Gasteiger partial charge in [-0.3, -0.25) is 4.79 Å². The van der Waals surface area contributed by atoms with Gasteiger partial charge >= 0.3 is 0 Å². The van der Waals surface area contributed by atoms with Crippen LogP contribution < -0.4 is 14.8 Å². The molecule has 0 radical (unpaired) electrons. The second-order valence-corrected chi connectivity index (χ2v) is 5.57. The largest absolute Gasteiger partial charge is 0.497 e. The van der Waals surface area contributed by atoms with Gasteiger partial charge in [-0.05, 0) is 17.7 Å². The van der Waals surface area contributed by atoms with Gasteiger partial charge in [-0.15, -0.1) is 5.10 Å². The summed E-state index contributed by atoms with van der Waals surface area (Å²) in [5, 5.41) is 10.7. The molecule has 0 aliphatic heterocycles. The summed E-state index contributed by atoms with van der Waals surface area (Å²) in [5.41, 5.74) is 1.37. The van der Waals surface area contributed by atoms with Crippen LogP contribution in [0.15, 0.2) is 60.8 Å². The fourth-order valence-electron chi connectivity index (χ4n) is 2.37. The van der Waals surface area contributed by atoms with Crippen molar-refractivity contribution in [1.82, 2.24) is 20.3 Å². The standard InChI is InChI=1S/C19H20N4O3/c1-25-16-8-5-9-17(12-16)26-11-10-20-19(24)18-14-23(22-21-18)13-15-6-3-2-4-7-15/h2-9,12,14H,10-11,13H2,1H3,(H,20,24). The Balaban J connectivity index is 1.45. The average molecular weight is 352 g/mol. The van der Waals surface area contributed by atoms with Gasteiger partial charge < -0.3 is 14.8 Å². The average Bonchev–Trinajstić information content (AvgIpc) is 3.14. The Hall–Kier alpha value is -3.35. The normalized spacial score (nSPS) is 10.3. The smallest absolute Gasteiger partial charge is 0.273 e. The molecule has 3 aromatic rings. The molecule has 0 spiro atoms. The summed E-state index contributed by atoms with van der Waals surface area (Å²) in [5.74, 6) is 1.13. The van der Waals surface area contributed by atoms with Gasteiger partial charge in [-0.2, -0.15) is 0 Å². The Kier molecular flexibility index (Phi) is 5.82. The van der Waals surface area contributed by atoms with Gasteiger partial charge in [-0.1, -0.05) is 41.6 Å². The van der Waals surface area contributed by atoms with E-state index in [9.17, 15) is 4.79 Å². The summed E-state index contributed by atoms with van der Waals surface area (Å²) in [6.45, 7) is 1.28. The summed E-state index contributed by atoms with van der Waals surface area (Å²) >= 11 is 0. The molecule has 7 heteroatoms. The number of methoxy groups -OCH3 is 1. The molecular weight excluding hydrogens is 332 g/mol. The Bertz CT molecular complexity index is 849. The number of ether oxygens (including phenoxy) is 2. The van der Waals surface area contributed by atoms with Crippen LogP contribution in [0.4, 0.5) is 0 Å². The summed E-state index contributed by atoms with van der Waals surface area (Å²) in [6, 6.07) is 17.2. The van der Waals surface area contributed by atoms with Gasteiger partial charge in [0.15, 0.2) is 5.69 Å². The quantitative estimate of drug-likeness (QED) is 0.629. The van der Waals surface area contributed by atoms with Gasteiger partial charge in [0.2, 0.25) is 0 Å². The monoisotopic (exact) mass is 352 g/mol. The molecule has 1 aromatic heterocycles. The summed E-state index contributed by atoms with van der Waals surface area (Å²) in [7, 11) is 1.60. The summed E-state index contributed by atoms with van der Waals surface area (Å²) in [6.07, 6.45) is 1.63. The van der Waals surface area contributed by atoms with E-state index in [0.29, 0.717) is 25.4 Å². The van der Waals surface area contributed by atoms with Gasteiger partial charge in [0.05, 0.1) is 26.4 Å². The second kappa shape index (κ2) is 8.66. The van der Waals surface area contributed by atoms with Crippen molar-refractivity contribution in [1.29, 1.82) is 0 Å². The van der Waals surface area contributed by atoms with Gasteiger partial charge in [-0.25, -0.2) is 4.68 Å². The number of benzene rings is 2. The molecule has 134 valence electrons. The van der Waals surface area contributed by atoms with Crippen LogP contribution in [0.1, 0.15) is 16.1 Å². The Morgan fingerprint density at radius 2 is 1.92 bits per heavy atom. The van der Waals surface area contributed by atoms with Crippen LogP contribution >= 0.6 is 0 Å². The topological polar surface area (TPSA) is 78.3 Å².